The Morgan fingerprint density at radius 2 is 1.72 bits per heavy atom. The number of nitro benzene ring substituents is 1. The lowest BCUT2D eigenvalue weighted by molar-refractivity contribution is -0.385. The normalized spacial score (nSPS) is 33.5. The average molecular weight is 365 g/mol. The van der Waals surface area contributed by atoms with E-state index in [-0.39, 0.29) is 22.6 Å². The third kappa shape index (κ3) is 3.31. The Morgan fingerprint density at radius 3 is 2.28 bits per heavy atom. The highest BCUT2D eigenvalue weighted by Crippen LogP contribution is 2.61. The molecule has 0 unspecified atom stereocenters. The molecule has 4 saturated carbocycles. The van der Waals surface area contributed by atoms with Crippen LogP contribution in [-0.2, 0) is 14.3 Å². The van der Waals surface area contributed by atoms with Gasteiger partial charge in [-0.25, -0.2) is 0 Å². The second-order valence-electron chi connectivity index (χ2n) is 8.20. The van der Waals surface area contributed by atoms with Crippen LogP contribution in [0.4, 0.5) is 5.69 Å². The molecule has 5 rings (SSSR count). The van der Waals surface area contributed by atoms with Gasteiger partial charge in [-0.3, -0.25) is 14.3 Å². The van der Waals surface area contributed by atoms with Crippen LogP contribution in [0, 0.1) is 33.3 Å². The Morgan fingerprint density at radius 1 is 1.12 bits per heavy atom. The number of benzene rings is 1. The fourth-order valence-corrected chi connectivity index (χ4v) is 6.73. The molecule has 4 aliphatic rings. The van der Waals surface area contributed by atoms with Gasteiger partial charge in [0.25, 0.3) is 15.8 Å². The third-order valence-electron chi connectivity index (χ3n) is 6.35. The van der Waals surface area contributed by atoms with Crippen molar-refractivity contribution in [1.82, 2.24) is 0 Å². The Bertz CT molecular complexity index is 753. The van der Waals surface area contributed by atoms with Crippen molar-refractivity contribution in [3.05, 3.63) is 34.4 Å². The molecule has 0 atom stereocenters. The topological polar surface area (TPSA) is 86.5 Å². The van der Waals surface area contributed by atoms with Gasteiger partial charge in [-0.2, -0.15) is 8.42 Å². The maximum Gasteiger partial charge on any atom is 0.297 e. The number of hydrogen-bond donors (Lipinski definition) is 0. The highest BCUT2D eigenvalue weighted by molar-refractivity contribution is 7.86. The minimum Gasteiger partial charge on any atom is -0.266 e. The van der Waals surface area contributed by atoms with E-state index in [2.05, 4.69) is 0 Å². The van der Waals surface area contributed by atoms with E-state index in [1.54, 1.807) is 0 Å². The first-order chi connectivity index (χ1) is 11.9. The smallest absolute Gasteiger partial charge is 0.266 e. The lowest BCUT2D eigenvalue weighted by Crippen LogP contribution is -2.46. The lowest BCUT2D eigenvalue weighted by atomic mass is 9.49. The van der Waals surface area contributed by atoms with Crippen molar-refractivity contribution in [1.29, 1.82) is 0 Å². The molecular formula is C18H23NO5S. The van der Waals surface area contributed by atoms with Crippen LogP contribution in [-0.4, -0.2) is 19.9 Å². The van der Waals surface area contributed by atoms with Gasteiger partial charge >= 0.3 is 0 Å². The van der Waals surface area contributed by atoms with Crippen LogP contribution in [0.1, 0.15) is 44.9 Å². The summed E-state index contributed by atoms with van der Waals surface area (Å²) < 4.78 is 29.9. The van der Waals surface area contributed by atoms with Gasteiger partial charge in [0.1, 0.15) is 4.90 Å². The molecule has 1 aromatic carbocycles. The van der Waals surface area contributed by atoms with E-state index in [0.29, 0.717) is 0 Å². The zero-order valence-corrected chi connectivity index (χ0v) is 14.9. The van der Waals surface area contributed by atoms with Gasteiger partial charge in [-0.15, -0.1) is 0 Å². The summed E-state index contributed by atoms with van der Waals surface area (Å²) in [6.45, 7) is 0.164. The molecule has 0 aliphatic heterocycles. The van der Waals surface area contributed by atoms with E-state index in [0.717, 1.165) is 30.2 Å². The zero-order chi connectivity index (χ0) is 17.7. The summed E-state index contributed by atoms with van der Waals surface area (Å²) in [7, 11) is -3.95. The Labute approximate surface area is 147 Å². The molecule has 0 saturated heterocycles. The van der Waals surface area contributed by atoms with Gasteiger partial charge in [0.05, 0.1) is 11.5 Å². The Balaban J connectivity index is 1.41. The van der Waals surface area contributed by atoms with Crippen molar-refractivity contribution < 1.29 is 17.5 Å². The predicted octanol–water partition coefficient (Wildman–Crippen LogP) is 3.91. The van der Waals surface area contributed by atoms with Gasteiger partial charge in [-0.05, 0) is 74.2 Å². The molecule has 4 fully saturated rings. The number of nitrogens with zero attached hydrogens (tertiary/aromatic N) is 1. The second kappa shape index (κ2) is 6.06. The first-order valence-corrected chi connectivity index (χ1v) is 10.4. The van der Waals surface area contributed by atoms with Crippen molar-refractivity contribution in [3.63, 3.8) is 0 Å². The summed E-state index contributed by atoms with van der Waals surface area (Å²) in [4.78, 5) is 10.1. The van der Waals surface area contributed by atoms with Crippen molar-refractivity contribution >= 4 is 15.8 Å². The monoisotopic (exact) mass is 365 g/mol. The predicted molar refractivity (Wildman–Crippen MR) is 91.5 cm³/mol. The van der Waals surface area contributed by atoms with Crippen LogP contribution in [0.15, 0.2) is 29.2 Å². The molecule has 0 amide bonds. The summed E-state index contributed by atoms with van der Waals surface area (Å²) in [5, 5.41) is 10.8. The van der Waals surface area contributed by atoms with Crippen LogP contribution in [0.25, 0.3) is 0 Å². The fraction of sp³-hybridized carbons (Fsp3) is 0.667. The van der Waals surface area contributed by atoms with Crippen molar-refractivity contribution in [2.75, 3.05) is 6.61 Å². The van der Waals surface area contributed by atoms with E-state index in [1.807, 2.05) is 0 Å². The van der Waals surface area contributed by atoms with Gasteiger partial charge in [-0.1, -0.05) is 6.07 Å². The Kier molecular flexibility index (Phi) is 4.11. The largest absolute Gasteiger partial charge is 0.297 e. The minimum atomic E-state index is -3.95. The number of hydrogen-bond acceptors (Lipinski definition) is 5. The van der Waals surface area contributed by atoms with E-state index in [4.69, 9.17) is 4.18 Å². The van der Waals surface area contributed by atoms with Crippen LogP contribution < -0.4 is 0 Å². The highest BCUT2D eigenvalue weighted by atomic mass is 32.2. The standard InChI is InChI=1S/C18H23NO5S/c20-19(21)16-2-1-3-17(9-16)25(22,23)24-5-4-18-10-13-6-14(11-18)8-15(7-13)12-18/h1-3,9,13-15H,4-8,10-12H2. The second-order valence-corrected chi connectivity index (χ2v) is 9.81. The summed E-state index contributed by atoms with van der Waals surface area (Å²) in [5.74, 6) is 2.46. The van der Waals surface area contributed by atoms with Crippen LogP contribution in [0.5, 0.6) is 0 Å². The summed E-state index contributed by atoms with van der Waals surface area (Å²) in [6.07, 6.45) is 8.45. The lowest BCUT2D eigenvalue weighted by Gasteiger charge is -2.57. The van der Waals surface area contributed by atoms with Crippen molar-refractivity contribution in [3.8, 4) is 0 Å². The molecular weight excluding hydrogens is 342 g/mol. The van der Waals surface area contributed by atoms with Crippen molar-refractivity contribution in [2.45, 2.75) is 49.8 Å². The average Bonchev–Trinajstić information content (AvgIpc) is 2.53. The highest BCUT2D eigenvalue weighted by Gasteiger charge is 2.50. The number of non-ortho nitro benzene ring substituents is 1. The van der Waals surface area contributed by atoms with E-state index in [1.165, 1.54) is 56.7 Å². The number of rotatable bonds is 6. The molecule has 25 heavy (non-hydrogen) atoms. The molecule has 0 N–H and O–H groups in total. The third-order valence-corrected chi connectivity index (χ3v) is 7.66. The molecule has 0 aromatic heterocycles. The summed E-state index contributed by atoms with van der Waals surface area (Å²) in [5.41, 5.74) is 0.0122. The molecule has 6 nitrogen and oxygen atoms in total. The maximum atomic E-state index is 12.3. The van der Waals surface area contributed by atoms with E-state index in [9.17, 15) is 18.5 Å². The molecule has 1 aromatic rings. The molecule has 7 heteroatoms. The minimum absolute atomic E-state index is 0.146. The van der Waals surface area contributed by atoms with Crippen molar-refractivity contribution in [2.24, 2.45) is 23.2 Å². The fourth-order valence-electron chi connectivity index (χ4n) is 5.78. The van der Waals surface area contributed by atoms with E-state index < -0.39 is 15.0 Å². The molecule has 0 spiro atoms. The number of nitro groups is 1. The SMILES string of the molecule is O=[N+]([O-])c1cccc(S(=O)(=O)OCCC23CC4CC(CC(C4)C2)C3)c1. The maximum absolute atomic E-state index is 12.3. The molecule has 4 aliphatic carbocycles. The van der Waals surface area contributed by atoms with Gasteiger partial charge in [0, 0.05) is 12.1 Å². The molecule has 4 bridgehead atoms. The first kappa shape index (κ1) is 17.0. The molecule has 136 valence electrons. The van der Waals surface area contributed by atoms with Crippen LogP contribution in [0.3, 0.4) is 0 Å². The Hall–Kier alpha value is -1.47. The van der Waals surface area contributed by atoms with Gasteiger partial charge in [0.15, 0.2) is 0 Å². The van der Waals surface area contributed by atoms with E-state index >= 15 is 0 Å². The zero-order valence-electron chi connectivity index (χ0n) is 14.1. The first-order valence-electron chi connectivity index (χ1n) is 8.99. The summed E-state index contributed by atoms with van der Waals surface area (Å²) in [6, 6.07) is 5.04. The molecule has 0 heterocycles. The van der Waals surface area contributed by atoms with Gasteiger partial charge in [0.2, 0.25) is 0 Å². The quantitative estimate of drug-likeness (QED) is 0.433. The van der Waals surface area contributed by atoms with Crippen LogP contribution >= 0.6 is 0 Å². The summed E-state index contributed by atoms with van der Waals surface area (Å²) >= 11 is 0. The van der Waals surface area contributed by atoms with Gasteiger partial charge < -0.3 is 0 Å². The molecule has 0 radical (unpaired) electrons. The van der Waals surface area contributed by atoms with Crippen LogP contribution in [0.2, 0.25) is 0 Å².